The Balaban J connectivity index is 3.12. The molecule has 0 radical (unpaired) electrons. The molecule has 1 aromatic rings. The Bertz CT molecular complexity index is 420. The first-order chi connectivity index (χ1) is 7.45. The van der Waals surface area contributed by atoms with E-state index in [1.807, 2.05) is 0 Å². The van der Waals surface area contributed by atoms with Gasteiger partial charge in [0.25, 0.3) is 5.69 Å². The molecule has 0 saturated heterocycles. The van der Waals surface area contributed by atoms with Crippen LogP contribution in [0.5, 0.6) is 0 Å². The van der Waals surface area contributed by atoms with Gasteiger partial charge in [0.15, 0.2) is 6.10 Å². The van der Waals surface area contributed by atoms with Crippen LogP contribution in [0.4, 0.5) is 5.69 Å². The number of hydrogen-bond acceptors (Lipinski definition) is 5. The van der Waals surface area contributed by atoms with Crippen molar-refractivity contribution < 1.29 is 15.0 Å². The van der Waals surface area contributed by atoms with Gasteiger partial charge in [0.1, 0.15) is 0 Å². The van der Waals surface area contributed by atoms with Crippen LogP contribution in [0.15, 0.2) is 24.3 Å². The number of aliphatic hydroxyl groups excluding tert-OH is 1. The summed E-state index contributed by atoms with van der Waals surface area (Å²) < 4.78 is 0. The molecule has 0 saturated carbocycles. The van der Waals surface area contributed by atoms with Crippen molar-refractivity contribution in [3.05, 3.63) is 50.1 Å². The van der Waals surface area contributed by atoms with Gasteiger partial charge in [0, 0.05) is 17.9 Å². The van der Waals surface area contributed by atoms with E-state index in [1.165, 1.54) is 31.2 Å². The smallest absolute Gasteiger partial charge is 0.275 e. The average molecular weight is 226 g/mol. The molecule has 0 fully saturated rings. The van der Waals surface area contributed by atoms with Crippen molar-refractivity contribution in [2.45, 2.75) is 19.1 Å². The van der Waals surface area contributed by atoms with E-state index >= 15 is 0 Å². The van der Waals surface area contributed by atoms with Crippen molar-refractivity contribution in [2.24, 2.45) is 0 Å². The van der Waals surface area contributed by atoms with Crippen LogP contribution < -0.4 is 0 Å². The number of hydrogen-bond donors (Lipinski definition) is 1. The zero-order valence-corrected chi connectivity index (χ0v) is 8.44. The van der Waals surface area contributed by atoms with E-state index in [0.29, 0.717) is 0 Å². The Morgan fingerprint density at radius 1 is 1.25 bits per heavy atom. The van der Waals surface area contributed by atoms with Gasteiger partial charge >= 0.3 is 0 Å². The Kier molecular flexibility index (Phi) is 3.51. The number of aliphatic hydroxyl groups is 1. The summed E-state index contributed by atoms with van der Waals surface area (Å²) in [5.41, 5.74) is -0.361. The van der Waals surface area contributed by atoms with Crippen LogP contribution in [0.2, 0.25) is 0 Å². The minimum Gasteiger partial charge on any atom is -0.381 e. The fraction of sp³-hybridized carbons (Fsp3) is 0.333. The lowest BCUT2D eigenvalue weighted by molar-refractivity contribution is -0.531. The summed E-state index contributed by atoms with van der Waals surface area (Å²) in [5.74, 6) is 0. The summed E-state index contributed by atoms with van der Waals surface area (Å²) in [5, 5.41) is 30.8. The first-order valence-electron chi connectivity index (χ1n) is 4.50. The second-order valence-electron chi connectivity index (χ2n) is 3.29. The van der Waals surface area contributed by atoms with E-state index in [-0.39, 0.29) is 11.3 Å². The third kappa shape index (κ3) is 2.31. The normalized spacial score (nSPS) is 14.1. The van der Waals surface area contributed by atoms with Crippen molar-refractivity contribution in [3.8, 4) is 0 Å². The van der Waals surface area contributed by atoms with Gasteiger partial charge in [-0.25, -0.2) is 0 Å². The van der Waals surface area contributed by atoms with Crippen LogP contribution >= 0.6 is 0 Å². The lowest BCUT2D eigenvalue weighted by Gasteiger charge is -2.12. The van der Waals surface area contributed by atoms with Crippen molar-refractivity contribution >= 4 is 5.69 Å². The second-order valence-corrected chi connectivity index (χ2v) is 3.29. The highest BCUT2D eigenvalue weighted by Gasteiger charge is 2.30. The fourth-order valence-corrected chi connectivity index (χ4v) is 1.28. The Morgan fingerprint density at radius 3 is 2.31 bits per heavy atom. The average Bonchev–Trinajstić information content (AvgIpc) is 2.26. The van der Waals surface area contributed by atoms with Crippen LogP contribution in [-0.4, -0.2) is 21.0 Å². The third-order valence-electron chi connectivity index (χ3n) is 2.24. The van der Waals surface area contributed by atoms with Gasteiger partial charge in [0.05, 0.1) is 10.5 Å². The summed E-state index contributed by atoms with van der Waals surface area (Å²) >= 11 is 0. The van der Waals surface area contributed by atoms with Gasteiger partial charge in [-0.05, 0) is 6.07 Å². The summed E-state index contributed by atoms with van der Waals surface area (Å²) in [7, 11) is 0. The van der Waals surface area contributed by atoms with E-state index < -0.39 is 22.0 Å². The van der Waals surface area contributed by atoms with E-state index in [2.05, 4.69) is 0 Å². The predicted octanol–water partition coefficient (Wildman–Crippen LogP) is 1.29. The van der Waals surface area contributed by atoms with E-state index in [4.69, 9.17) is 0 Å². The van der Waals surface area contributed by atoms with Gasteiger partial charge in [-0.3, -0.25) is 20.2 Å². The van der Waals surface area contributed by atoms with Crippen molar-refractivity contribution in [1.29, 1.82) is 0 Å². The highest BCUT2D eigenvalue weighted by Crippen LogP contribution is 2.27. The maximum absolute atomic E-state index is 10.6. The molecule has 0 aromatic heterocycles. The molecule has 0 bridgehead atoms. The zero-order chi connectivity index (χ0) is 12.3. The van der Waals surface area contributed by atoms with E-state index in [1.54, 1.807) is 0 Å². The summed E-state index contributed by atoms with van der Waals surface area (Å²) in [6.45, 7) is 1.20. The number of rotatable bonds is 4. The highest BCUT2D eigenvalue weighted by molar-refractivity contribution is 5.41. The van der Waals surface area contributed by atoms with Crippen LogP contribution in [-0.2, 0) is 0 Å². The maximum Gasteiger partial charge on any atom is 0.275 e. The van der Waals surface area contributed by atoms with Gasteiger partial charge in [-0.1, -0.05) is 12.1 Å². The van der Waals surface area contributed by atoms with Crippen molar-refractivity contribution in [1.82, 2.24) is 0 Å². The minimum atomic E-state index is -1.49. The lowest BCUT2D eigenvalue weighted by Crippen LogP contribution is -2.24. The maximum atomic E-state index is 10.6. The topological polar surface area (TPSA) is 107 Å². The zero-order valence-electron chi connectivity index (χ0n) is 8.44. The molecule has 0 unspecified atom stereocenters. The van der Waals surface area contributed by atoms with Crippen LogP contribution in [0.3, 0.4) is 0 Å². The van der Waals surface area contributed by atoms with Crippen molar-refractivity contribution in [2.75, 3.05) is 0 Å². The van der Waals surface area contributed by atoms with Crippen LogP contribution in [0.1, 0.15) is 18.6 Å². The molecule has 1 rings (SSSR count). The summed E-state index contributed by atoms with van der Waals surface area (Å²) in [6.07, 6.45) is -1.49. The fourth-order valence-electron chi connectivity index (χ4n) is 1.28. The number of benzene rings is 1. The number of nitro groups is 2. The standard InChI is InChI=1S/C9H10N2O5/c1-6(10(13)14)9(12)7-4-2-3-5-8(7)11(15)16/h2-6,9,12H,1H3/t6-,9+/m1/s1. The monoisotopic (exact) mass is 226 g/mol. The Labute approximate surface area is 90.6 Å². The largest absolute Gasteiger partial charge is 0.381 e. The molecule has 0 spiro atoms. The second kappa shape index (κ2) is 4.67. The molecular formula is C9H10N2O5. The number of para-hydroxylation sites is 1. The molecule has 86 valence electrons. The molecule has 1 aromatic carbocycles. The molecule has 16 heavy (non-hydrogen) atoms. The lowest BCUT2D eigenvalue weighted by atomic mass is 10.0. The Hall–Kier alpha value is -2.02. The van der Waals surface area contributed by atoms with Crippen LogP contribution in [0, 0.1) is 20.2 Å². The molecule has 0 aliphatic heterocycles. The SMILES string of the molecule is C[C@H]([C@H](O)c1ccccc1[N+](=O)[O-])[N+](=O)[O-]. The van der Waals surface area contributed by atoms with Crippen molar-refractivity contribution in [3.63, 3.8) is 0 Å². The molecule has 1 N–H and O–H groups in total. The van der Waals surface area contributed by atoms with E-state index in [9.17, 15) is 25.3 Å². The van der Waals surface area contributed by atoms with Gasteiger partial charge in [-0.2, -0.15) is 0 Å². The number of nitro benzene ring substituents is 1. The molecule has 2 atom stereocenters. The van der Waals surface area contributed by atoms with Gasteiger partial charge in [-0.15, -0.1) is 0 Å². The van der Waals surface area contributed by atoms with Crippen LogP contribution in [0.25, 0.3) is 0 Å². The highest BCUT2D eigenvalue weighted by atomic mass is 16.6. The number of nitrogens with zero attached hydrogens (tertiary/aromatic N) is 2. The summed E-state index contributed by atoms with van der Waals surface area (Å²) in [4.78, 5) is 19.8. The molecule has 0 aliphatic rings. The molecule has 0 heterocycles. The predicted molar refractivity (Wildman–Crippen MR) is 54.5 cm³/mol. The molecule has 7 heteroatoms. The third-order valence-corrected chi connectivity index (χ3v) is 2.24. The first kappa shape index (κ1) is 12.1. The molecule has 7 nitrogen and oxygen atoms in total. The van der Waals surface area contributed by atoms with Gasteiger partial charge < -0.3 is 5.11 Å². The molecule has 0 amide bonds. The molecular weight excluding hydrogens is 216 g/mol. The van der Waals surface area contributed by atoms with Gasteiger partial charge in [0.2, 0.25) is 6.04 Å². The Morgan fingerprint density at radius 2 is 1.81 bits per heavy atom. The van der Waals surface area contributed by atoms with E-state index in [0.717, 1.165) is 0 Å². The minimum absolute atomic E-state index is 0.0447. The quantitative estimate of drug-likeness (QED) is 0.614. The first-order valence-corrected chi connectivity index (χ1v) is 4.50. The molecule has 0 aliphatic carbocycles. The summed E-state index contributed by atoms with van der Waals surface area (Å²) in [6, 6.07) is 4.14.